The standard InChI is InChI=1S/C17H31N5O/c1-2-16-14-22(10-1)13-15(12-17-21-9-11-23-17)3-4-18-5-6-19-7-8-20-16/h9,11,15-16,18-20H,1-8,10,12-14H2. The van der Waals surface area contributed by atoms with Crippen molar-refractivity contribution in [2.24, 2.45) is 5.92 Å². The van der Waals surface area contributed by atoms with Crippen LogP contribution in [0.4, 0.5) is 0 Å². The van der Waals surface area contributed by atoms with E-state index in [0.29, 0.717) is 12.0 Å². The highest BCUT2D eigenvalue weighted by Gasteiger charge is 2.23. The first-order valence-corrected chi connectivity index (χ1v) is 9.15. The minimum Gasteiger partial charge on any atom is -0.449 e. The zero-order valence-electron chi connectivity index (χ0n) is 14.1. The van der Waals surface area contributed by atoms with E-state index in [0.717, 1.165) is 51.6 Å². The molecular weight excluding hydrogens is 290 g/mol. The lowest BCUT2D eigenvalue weighted by molar-refractivity contribution is 0.158. The fraction of sp³-hybridized carbons (Fsp3) is 0.824. The third kappa shape index (κ3) is 5.88. The Bertz CT molecular complexity index is 425. The molecule has 0 aliphatic carbocycles. The molecule has 2 fully saturated rings. The summed E-state index contributed by atoms with van der Waals surface area (Å²) < 4.78 is 5.48. The van der Waals surface area contributed by atoms with Crippen LogP contribution in [0.1, 0.15) is 25.2 Å². The lowest BCUT2D eigenvalue weighted by Gasteiger charge is -2.35. The molecule has 1 aromatic heterocycles. The van der Waals surface area contributed by atoms with E-state index in [9.17, 15) is 0 Å². The fourth-order valence-corrected chi connectivity index (χ4v) is 3.71. The van der Waals surface area contributed by atoms with Crippen molar-refractivity contribution in [1.29, 1.82) is 0 Å². The smallest absolute Gasteiger partial charge is 0.194 e. The van der Waals surface area contributed by atoms with Gasteiger partial charge in [-0.3, -0.25) is 0 Å². The molecule has 0 saturated carbocycles. The predicted octanol–water partition coefficient (Wildman–Crippen LogP) is 0.470. The molecule has 6 nitrogen and oxygen atoms in total. The number of aromatic nitrogens is 1. The maximum absolute atomic E-state index is 5.48. The molecule has 3 atom stereocenters. The van der Waals surface area contributed by atoms with E-state index in [-0.39, 0.29) is 0 Å². The lowest BCUT2D eigenvalue weighted by atomic mass is 9.98. The minimum atomic E-state index is 0.607. The molecule has 2 bridgehead atoms. The maximum atomic E-state index is 5.48. The number of rotatable bonds is 2. The molecule has 3 heterocycles. The Labute approximate surface area is 139 Å². The Morgan fingerprint density at radius 1 is 1.09 bits per heavy atom. The third-order valence-electron chi connectivity index (χ3n) is 4.91. The van der Waals surface area contributed by atoms with Crippen LogP contribution in [-0.2, 0) is 6.42 Å². The van der Waals surface area contributed by atoms with Gasteiger partial charge in [0.2, 0.25) is 0 Å². The van der Waals surface area contributed by atoms with E-state index in [4.69, 9.17) is 4.42 Å². The van der Waals surface area contributed by atoms with E-state index in [2.05, 4.69) is 25.8 Å². The van der Waals surface area contributed by atoms with E-state index in [1.54, 1.807) is 12.5 Å². The zero-order chi connectivity index (χ0) is 15.7. The average Bonchev–Trinajstić information content (AvgIpc) is 3.06. The molecule has 0 aromatic carbocycles. The van der Waals surface area contributed by atoms with Gasteiger partial charge >= 0.3 is 0 Å². The Hall–Kier alpha value is -0.950. The highest BCUT2D eigenvalue weighted by molar-refractivity contribution is 4.86. The molecule has 23 heavy (non-hydrogen) atoms. The summed E-state index contributed by atoms with van der Waals surface area (Å²) in [6, 6.07) is 0.647. The van der Waals surface area contributed by atoms with Gasteiger partial charge in [0.1, 0.15) is 6.26 Å². The normalized spacial score (nSPS) is 31.4. The quantitative estimate of drug-likeness (QED) is 0.736. The Balaban J connectivity index is 1.57. The zero-order valence-corrected chi connectivity index (χ0v) is 14.1. The van der Waals surface area contributed by atoms with Crippen LogP contribution in [0.25, 0.3) is 0 Å². The molecule has 130 valence electrons. The highest BCUT2D eigenvalue weighted by atomic mass is 16.3. The number of piperidine rings is 1. The van der Waals surface area contributed by atoms with Gasteiger partial charge < -0.3 is 25.3 Å². The number of oxazole rings is 1. The molecular formula is C17H31N5O. The monoisotopic (exact) mass is 321 g/mol. The number of hydrogen-bond acceptors (Lipinski definition) is 6. The van der Waals surface area contributed by atoms with E-state index < -0.39 is 0 Å². The van der Waals surface area contributed by atoms with Crippen LogP contribution in [0.3, 0.4) is 0 Å². The van der Waals surface area contributed by atoms with Gasteiger partial charge in [-0.2, -0.15) is 0 Å². The summed E-state index contributed by atoms with van der Waals surface area (Å²) in [6.07, 6.45) is 8.17. The van der Waals surface area contributed by atoms with Gasteiger partial charge in [0.25, 0.3) is 0 Å². The van der Waals surface area contributed by atoms with Crippen LogP contribution >= 0.6 is 0 Å². The second-order valence-electron chi connectivity index (χ2n) is 6.84. The number of hydrogen-bond donors (Lipinski definition) is 3. The summed E-state index contributed by atoms with van der Waals surface area (Å²) >= 11 is 0. The minimum absolute atomic E-state index is 0.607. The van der Waals surface area contributed by atoms with Crippen molar-refractivity contribution >= 4 is 0 Å². The van der Waals surface area contributed by atoms with E-state index >= 15 is 0 Å². The molecule has 1 aromatic rings. The Kier molecular flexibility index (Phi) is 6.88. The first-order valence-electron chi connectivity index (χ1n) is 9.15. The van der Waals surface area contributed by atoms with Gasteiger partial charge in [-0.05, 0) is 38.3 Å². The largest absolute Gasteiger partial charge is 0.449 e. The van der Waals surface area contributed by atoms with Crippen molar-refractivity contribution in [3.05, 3.63) is 18.4 Å². The first kappa shape index (κ1) is 16.9. The molecule has 3 N–H and O–H groups in total. The summed E-state index contributed by atoms with van der Waals surface area (Å²) in [6.45, 7) is 8.84. The first-order chi connectivity index (χ1) is 11.4. The van der Waals surface area contributed by atoms with Gasteiger partial charge in [0, 0.05) is 51.7 Å². The molecule has 2 saturated heterocycles. The average molecular weight is 321 g/mol. The summed E-state index contributed by atoms with van der Waals surface area (Å²) in [5, 5.41) is 10.8. The van der Waals surface area contributed by atoms with Gasteiger partial charge in [-0.1, -0.05) is 0 Å². The van der Waals surface area contributed by atoms with Crippen LogP contribution in [0.5, 0.6) is 0 Å². The number of nitrogens with zero attached hydrogens (tertiary/aromatic N) is 2. The third-order valence-corrected chi connectivity index (χ3v) is 4.91. The summed E-state index contributed by atoms with van der Waals surface area (Å²) in [5.41, 5.74) is 0. The SMILES string of the molecule is c1coc(CC2CCNCCNCCNC3CCCN(C2)C3)n1. The van der Waals surface area contributed by atoms with Crippen LogP contribution in [0.15, 0.2) is 16.9 Å². The lowest BCUT2D eigenvalue weighted by Crippen LogP contribution is -2.49. The van der Waals surface area contributed by atoms with Crippen molar-refractivity contribution in [2.75, 3.05) is 52.4 Å². The molecule has 0 radical (unpaired) electrons. The van der Waals surface area contributed by atoms with Crippen molar-refractivity contribution in [3.63, 3.8) is 0 Å². The Morgan fingerprint density at radius 3 is 2.83 bits per heavy atom. The summed E-state index contributed by atoms with van der Waals surface area (Å²) in [7, 11) is 0. The molecule has 3 rings (SSSR count). The van der Waals surface area contributed by atoms with Crippen molar-refractivity contribution in [3.8, 4) is 0 Å². The Morgan fingerprint density at radius 2 is 1.96 bits per heavy atom. The summed E-state index contributed by atoms with van der Waals surface area (Å²) in [5.74, 6) is 1.49. The van der Waals surface area contributed by atoms with Gasteiger partial charge in [-0.15, -0.1) is 0 Å². The molecule has 2 aliphatic rings. The van der Waals surface area contributed by atoms with Crippen LogP contribution < -0.4 is 16.0 Å². The fourth-order valence-electron chi connectivity index (χ4n) is 3.71. The highest BCUT2D eigenvalue weighted by Crippen LogP contribution is 2.17. The van der Waals surface area contributed by atoms with Crippen molar-refractivity contribution < 1.29 is 4.42 Å². The maximum Gasteiger partial charge on any atom is 0.194 e. The van der Waals surface area contributed by atoms with Crippen LogP contribution in [0.2, 0.25) is 0 Å². The van der Waals surface area contributed by atoms with Crippen LogP contribution in [-0.4, -0.2) is 68.3 Å². The number of fused-ring (bicyclic) bond motifs is 2. The molecule has 2 aliphatic heterocycles. The van der Waals surface area contributed by atoms with Gasteiger partial charge in [-0.25, -0.2) is 4.98 Å². The predicted molar refractivity (Wildman–Crippen MR) is 91.5 cm³/mol. The van der Waals surface area contributed by atoms with Gasteiger partial charge in [0.05, 0.1) is 6.20 Å². The second kappa shape index (κ2) is 9.37. The molecule has 0 spiro atoms. The summed E-state index contributed by atoms with van der Waals surface area (Å²) in [4.78, 5) is 6.95. The molecule has 0 amide bonds. The topological polar surface area (TPSA) is 65.4 Å². The molecule has 3 unspecified atom stereocenters. The number of nitrogens with one attached hydrogen (secondary N) is 3. The van der Waals surface area contributed by atoms with E-state index in [1.807, 2.05) is 0 Å². The van der Waals surface area contributed by atoms with Crippen LogP contribution in [0, 0.1) is 5.92 Å². The molecule has 6 heteroatoms. The van der Waals surface area contributed by atoms with Crippen molar-refractivity contribution in [2.45, 2.75) is 31.7 Å². The van der Waals surface area contributed by atoms with Crippen molar-refractivity contribution in [1.82, 2.24) is 25.8 Å². The van der Waals surface area contributed by atoms with Gasteiger partial charge in [0.15, 0.2) is 5.89 Å². The second-order valence-corrected chi connectivity index (χ2v) is 6.84. The van der Waals surface area contributed by atoms with E-state index in [1.165, 1.54) is 32.4 Å².